The molecule has 0 fully saturated rings. The first-order valence-corrected chi connectivity index (χ1v) is 7.68. The van der Waals surface area contributed by atoms with E-state index in [-0.39, 0.29) is 11.5 Å². The van der Waals surface area contributed by atoms with Gasteiger partial charge in [-0.2, -0.15) is 0 Å². The number of alkyl halides is 3. The van der Waals surface area contributed by atoms with Crippen LogP contribution in [0.1, 0.15) is 35.7 Å². The van der Waals surface area contributed by atoms with Gasteiger partial charge in [0.25, 0.3) is 0 Å². The van der Waals surface area contributed by atoms with E-state index in [4.69, 9.17) is 0 Å². The second kappa shape index (κ2) is 7.88. The fourth-order valence-corrected chi connectivity index (χ4v) is 2.09. The topological polar surface area (TPSA) is 38.3 Å². The van der Waals surface area contributed by atoms with Crippen LogP contribution < -0.4 is 10.1 Å². The van der Waals surface area contributed by atoms with E-state index in [9.17, 15) is 18.0 Å². The molecule has 0 aromatic heterocycles. The molecule has 0 spiro atoms. The van der Waals surface area contributed by atoms with Crippen LogP contribution in [0.3, 0.4) is 0 Å². The summed E-state index contributed by atoms with van der Waals surface area (Å²) in [5.74, 6) is -0.0752. The lowest BCUT2D eigenvalue weighted by atomic mass is 10.0. The van der Waals surface area contributed by atoms with Crippen molar-refractivity contribution in [2.75, 3.05) is 5.32 Å². The highest BCUT2D eigenvalue weighted by Gasteiger charge is 2.30. The van der Waals surface area contributed by atoms with Gasteiger partial charge in [-0.3, -0.25) is 4.79 Å². The van der Waals surface area contributed by atoms with Crippen LogP contribution in [0.5, 0.6) is 5.75 Å². The van der Waals surface area contributed by atoms with E-state index in [0.717, 1.165) is 5.56 Å². The molecule has 0 heterocycles. The summed E-state index contributed by atoms with van der Waals surface area (Å²) in [7, 11) is 0. The van der Waals surface area contributed by atoms with E-state index >= 15 is 0 Å². The molecule has 132 valence electrons. The maximum atomic E-state index is 12.1. The summed E-state index contributed by atoms with van der Waals surface area (Å²) >= 11 is 0. The Kier molecular flexibility index (Phi) is 5.85. The minimum atomic E-state index is -4.72. The van der Waals surface area contributed by atoms with Gasteiger partial charge >= 0.3 is 6.36 Å². The van der Waals surface area contributed by atoms with Gasteiger partial charge in [-0.25, -0.2) is 0 Å². The van der Waals surface area contributed by atoms with E-state index < -0.39 is 6.36 Å². The number of nitrogens with one attached hydrogen (secondary N) is 1. The first-order chi connectivity index (χ1) is 11.7. The van der Waals surface area contributed by atoms with Crippen molar-refractivity contribution in [3.8, 4) is 5.75 Å². The Bertz CT molecular complexity index is 733. The van der Waals surface area contributed by atoms with Crippen LogP contribution in [-0.2, 0) is 0 Å². The molecule has 1 N–H and O–H groups in total. The number of halogens is 3. The second-order valence-corrected chi connectivity index (χ2v) is 5.69. The van der Waals surface area contributed by atoms with Crippen molar-refractivity contribution in [1.82, 2.24) is 0 Å². The molecule has 0 bridgehead atoms. The standard InChI is InChI=1S/C19H18F3NO2/c1-13(2)14-3-5-15(6-4-14)18(24)11-12-23-16-7-9-17(10-8-16)25-19(20,21)22/h3-13,23H,1-2H3/b12-11+. The molecule has 0 amide bonds. The molecule has 0 aliphatic carbocycles. The molecular weight excluding hydrogens is 331 g/mol. The Morgan fingerprint density at radius 3 is 2.16 bits per heavy atom. The van der Waals surface area contributed by atoms with Crippen molar-refractivity contribution >= 4 is 11.5 Å². The number of carbonyl (C=O) groups excluding carboxylic acids is 1. The Morgan fingerprint density at radius 1 is 1.04 bits per heavy atom. The highest BCUT2D eigenvalue weighted by Crippen LogP contribution is 2.24. The normalized spacial score (nSPS) is 11.8. The van der Waals surface area contributed by atoms with Crippen LogP contribution in [0.15, 0.2) is 60.8 Å². The molecule has 0 unspecified atom stereocenters. The zero-order chi connectivity index (χ0) is 18.4. The monoisotopic (exact) mass is 349 g/mol. The predicted molar refractivity (Wildman–Crippen MR) is 90.7 cm³/mol. The average Bonchev–Trinajstić information content (AvgIpc) is 2.55. The van der Waals surface area contributed by atoms with Crippen LogP contribution in [0.2, 0.25) is 0 Å². The fraction of sp³-hybridized carbons (Fsp3) is 0.211. The smallest absolute Gasteiger partial charge is 0.406 e. The first kappa shape index (κ1) is 18.6. The van der Waals surface area contributed by atoms with Crippen molar-refractivity contribution in [1.29, 1.82) is 0 Å². The highest BCUT2D eigenvalue weighted by atomic mass is 19.4. The van der Waals surface area contributed by atoms with Crippen molar-refractivity contribution < 1.29 is 22.7 Å². The number of benzene rings is 2. The predicted octanol–water partition coefficient (Wildman–Crippen LogP) is 5.52. The van der Waals surface area contributed by atoms with Crippen LogP contribution >= 0.6 is 0 Å². The van der Waals surface area contributed by atoms with Crippen molar-refractivity contribution in [2.45, 2.75) is 26.1 Å². The lowest BCUT2D eigenvalue weighted by Gasteiger charge is -2.09. The lowest BCUT2D eigenvalue weighted by molar-refractivity contribution is -0.274. The van der Waals surface area contributed by atoms with E-state index in [1.54, 1.807) is 12.1 Å². The van der Waals surface area contributed by atoms with Crippen LogP contribution in [0.25, 0.3) is 0 Å². The Morgan fingerprint density at radius 2 is 1.64 bits per heavy atom. The van der Waals surface area contributed by atoms with Gasteiger partial charge < -0.3 is 10.1 Å². The summed E-state index contributed by atoms with van der Waals surface area (Å²) in [5.41, 5.74) is 2.25. The maximum absolute atomic E-state index is 12.1. The van der Waals surface area contributed by atoms with Gasteiger partial charge in [0.2, 0.25) is 0 Å². The molecule has 2 aromatic carbocycles. The summed E-state index contributed by atoms with van der Waals surface area (Å²) in [6.07, 6.45) is -1.91. The number of rotatable bonds is 6. The van der Waals surface area contributed by atoms with Gasteiger partial charge in [-0.15, -0.1) is 13.2 Å². The molecule has 0 atom stereocenters. The molecule has 2 rings (SSSR count). The largest absolute Gasteiger partial charge is 0.573 e. The Labute approximate surface area is 144 Å². The molecule has 0 saturated carbocycles. The minimum Gasteiger partial charge on any atom is -0.406 e. The molecule has 0 saturated heterocycles. The summed E-state index contributed by atoms with van der Waals surface area (Å²) < 4.78 is 40.0. The number of carbonyl (C=O) groups is 1. The first-order valence-electron chi connectivity index (χ1n) is 7.68. The average molecular weight is 349 g/mol. The zero-order valence-corrected chi connectivity index (χ0v) is 13.8. The maximum Gasteiger partial charge on any atom is 0.573 e. The van der Waals surface area contributed by atoms with Gasteiger partial charge in [0.05, 0.1) is 0 Å². The fourth-order valence-electron chi connectivity index (χ4n) is 2.09. The molecule has 3 nitrogen and oxygen atoms in total. The molecule has 6 heteroatoms. The summed E-state index contributed by atoms with van der Waals surface area (Å²) in [5, 5.41) is 2.83. The number of anilines is 1. The minimum absolute atomic E-state index is 0.167. The Balaban J connectivity index is 1.92. The zero-order valence-electron chi connectivity index (χ0n) is 13.8. The quantitative estimate of drug-likeness (QED) is 0.551. The second-order valence-electron chi connectivity index (χ2n) is 5.69. The number of hydrogen-bond acceptors (Lipinski definition) is 3. The number of allylic oxidation sites excluding steroid dienone is 1. The summed E-state index contributed by atoms with van der Waals surface area (Å²) in [6, 6.07) is 12.6. The van der Waals surface area contributed by atoms with Crippen LogP contribution in [0.4, 0.5) is 18.9 Å². The highest BCUT2D eigenvalue weighted by molar-refractivity contribution is 6.04. The molecule has 2 aromatic rings. The van der Waals surface area contributed by atoms with Crippen LogP contribution in [-0.4, -0.2) is 12.1 Å². The molecule has 0 aliphatic heterocycles. The van der Waals surface area contributed by atoms with Gasteiger partial charge in [-0.05, 0) is 35.7 Å². The van der Waals surface area contributed by atoms with Crippen LogP contribution in [0, 0.1) is 0 Å². The number of ketones is 1. The lowest BCUT2D eigenvalue weighted by Crippen LogP contribution is -2.16. The molecule has 0 radical (unpaired) electrons. The van der Waals surface area contributed by atoms with Gasteiger partial charge in [0, 0.05) is 23.5 Å². The third-order valence-corrected chi connectivity index (χ3v) is 3.43. The number of hydrogen-bond donors (Lipinski definition) is 1. The van der Waals surface area contributed by atoms with E-state index in [1.165, 1.54) is 36.5 Å². The number of ether oxygens (including phenoxy) is 1. The van der Waals surface area contributed by atoms with Gasteiger partial charge in [0.15, 0.2) is 5.78 Å². The van der Waals surface area contributed by atoms with Crippen molar-refractivity contribution in [3.63, 3.8) is 0 Å². The van der Waals surface area contributed by atoms with Crippen molar-refractivity contribution in [2.24, 2.45) is 0 Å². The van der Waals surface area contributed by atoms with Crippen molar-refractivity contribution in [3.05, 3.63) is 71.9 Å². The summed E-state index contributed by atoms with van der Waals surface area (Å²) in [6.45, 7) is 4.15. The summed E-state index contributed by atoms with van der Waals surface area (Å²) in [4.78, 5) is 12.1. The van der Waals surface area contributed by atoms with E-state index in [2.05, 4.69) is 23.9 Å². The third-order valence-electron chi connectivity index (χ3n) is 3.43. The SMILES string of the molecule is CC(C)c1ccc(C(=O)/C=C/Nc2ccc(OC(F)(F)F)cc2)cc1. The Hall–Kier alpha value is -2.76. The van der Waals surface area contributed by atoms with E-state index in [1.807, 2.05) is 12.1 Å². The molecule has 25 heavy (non-hydrogen) atoms. The van der Waals surface area contributed by atoms with Gasteiger partial charge in [0.1, 0.15) is 5.75 Å². The third kappa shape index (κ3) is 5.99. The molecular formula is C19H18F3NO2. The van der Waals surface area contributed by atoms with E-state index in [0.29, 0.717) is 17.2 Å². The molecule has 0 aliphatic rings. The van der Waals surface area contributed by atoms with Gasteiger partial charge in [-0.1, -0.05) is 38.1 Å².